The molecule has 0 bridgehead atoms. The average Bonchev–Trinajstić information content (AvgIpc) is 2.87. The van der Waals surface area contributed by atoms with Gasteiger partial charge in [-0.05, 0) is 24.3 Å². The van der Waals surface area contributed by atoms with E-state index in [0.29, 0.717) is 0 Å². The largest absolute Gasteiger partial charge is 0.490 e. The summed E-state index contributed by atoms with van der Waals surface area (Å²) in [7, 11) is -3.79. The number of benzene rings is 1. The molecule has 16 nitrogen and oxygen atoms in total. The maximum atomic E-state index is 12.0. The molecule has 1 aliphatic rings. The van der Waals surface area contributed by atoms with Crippen molar-refractivity contribution in [3.8, 4) is 11.5 Å². The predicted octanol–water partition coefficient (Wildman–Crippen LogP) is 0.435. The van der Waals surface area contributed by atoms with Gasteiger partial charge in [-0.3, -0.25) is 28.2 Å². The van der Waals surface area contributed by atoms with Crippen molar-refractivity contribution in [3.63, 3.8) is 0 Å². The topological polar surface area (TPSA) is 203 Å². The maximum Gasteiger partial charge on any atom is 0.303 e. The number of rotatable bonds is 14. The summed E-state index contributed by atoms with van der Waals surface area (Å²) in [6, 6.07) is 5.81. The lowest BCUT2D eigenvalue weighted by atomic mass is 9.98. The molecule has 0 radical (unpaired) electrons. The van der Waals surface area contributed by atoms with Crippen molar-refractivity contribution in [1.29, 1.82) is 0 Å². The van der Waals surface area contributed by atoms with Crippen molar-refractivity contribution < 1.29 is 74.5 Å². The van der Waals surface area contributed by atoms with Crippen LogP contribution in [-0.2, 0) is 66.7 Å². The Morgan fingerprint density at radius 2 is 1.28 bits per heavy atom. The number of carbonyl (C=O) groups excluding carboxylic acids is 5. The van der Waals surface area contributed by atoms with Gasteiger partial charge in [0.15, 0.2) is 18.3 Å². The minimum Gasteiger partial charge on any atom is -0.490 e. The lowest BCUT2D eigenvalue weighted by Crippen LogP contribution is -2.63. The van der Waals surface area contributed by atoms with Crippen molar-refractivity contribution in [1.82, 2.24) is 0 Å². The van der Waals surface area contributed by atoms with Gasteiger partial charge in [0.1, 0.15) is 37.4 Å². The summed E-state index contributed by atoms with van der Waals surface area (Å²) in [5, 5.41) is 0. The molecule has 0 spiro atoms. The Morgan fingerprint density at radius 1 is 0.744 bits per heavy atom. The molecule has 1 aromatic carbocycles. The minimum absolute atomic E-state index is 0.158. The van der Waals surface area contributed by atoms with Crippen LogP contribution in [0.25, 0.3) is 0 Å². The van der Waals surface area contributed by atoms with Gasteiger partial charge in [0.2, 0.25) is 12.4 Å². The third kappa shape index (κ3) is 12.8. The first-order valence-electron chi connectivity index (χ1n) is 12.8. The van der Waals surface area contributed by atoms with Gasteiger partial charge in [-0.1, -0.05) is 0 Å². The molecule has 0 N–H and O–H groups in total. The summed E-state index contributed by atoms with van der Waals surface area (Å²) in [6.07, 6.45) is -6.96. The van der Waals surface area contributed by atoms with Gasteiger partial charge in [0.05, 0.1) is 6.26 Å². The monoisotopic (exact) mass is 634 g/mol. The molecule has 6 atom stereocenters. The molecular formula is C26H34O16S. The first-order valence-corrected chi connectivity index (χ1v) is 14.6. The van der Waals surface area contributed by atoms with Gasteiger partial charge in [0.25, 0.3) is 10.1 Å². The van der Waals surface area contributed by atoms with E-state index in [0.717, 1.165) is 40.9 Å². The van der Waals surface area contributed by atoms with Gasteiger partial charge in [-0.25, -0.2) is 0 Å². The maximum absolute atomic E-state index is 12.0. The highest BCUT2D eigenvalue weighted by Gasteiger charge is 2.53. The van der Waals surface area contributed by atoms with E-state index in [1.165, 1.54) is 24.3 Å². The zero-order chi connectivity index (χ0) is 32.3. The zero-order valence-corrected chi connectivity index (χ0v) is 25.2. The fourth-order valence-corrected chi connectivity index (χ4v) is 4.17. The summed E-state index contributed by atoms with van der Waals surface area (Å²) in [5.41, 5.74) is 0. The molecule has 0 aromatic heterocycles. The predicted molar refractivity (Wildman–Crippen MR) is 141 cm³/mol. The standard InChI is InChI=1S/C26H34O16S/c1-14(27)34-13-22-23(38-16(3)29)24(39-17(4)30)25(40-18(5)31)26(42-22)41-20-9-7-19(8-10-20)35-11-21(37-15(2)28)12-36-43(6,32)33/h7-10,21-26H,11-13H2,1-6H3/t21-,22-,23-,24+,25-,26-/m1/s1. The highest BCUT2D eigenvalue weighted by molar-refractivity contribution is 7.85. The van der Waals surface area contributed by atoms with Gasteiger partial charge < -0.3 is 37.9 Å². The van der Waals surface area contributed by atoms with E-state index in [1.807, 2.05) is 0 Å². The van der Waals surface area contributed by atoms with Crippen LogP contribution in [0, 0.1) is 0 Å². The molecule has 2 rings (SSSR count). The van der Waals surface area contributed by atoms with E-state index < -0.39 is 90.0 Å². The van der Waals surface area contributed by atoms with Gasteiger partial charge in [-0.2, -0.15) is 8.42 Å². The molecule has 0 aliphatic carbocycles. The Kier molecular flexibility index (Phi) is 13.1. The average molecular weight is 635 g/mol. The van der Waals surface area contributed by atoms with Crippen molar-refractivity contribution in [3.05, 3.63) is 24.3 Å². The van der Waals surface area contributed by atoms with E-state index in [4.69, 9.17) is 37.9 Å². The Hall–Kier alpha value is -3.96. The van der Waals surface area contributed by atoms with Crippen LogP contribution < -0.4 is 9.47 Å². The second kappa shape index (κ2) is 16.0. The normalized spacial score (nSPS) is 22.3. The fraction of sp³-hybridized carbons (Fsp3) is 0.577. The molecule has 1 fully saturated rings. The minimum atomic E-state index is -3.79. The van der Waals surface area contributed by atoms with Crippen LogP contribution in [0.1, 0.15) is 34.6 Å². The summed E-state index contributed by atoms with van der Waals surface area (Å²) in [5.74, 6) is -3.25. The van der Waals surface area contributed by atoms with Crippen LogP contribution in [0.3, 0.4) is 0 Å². The molecule has 1 aliphatic heterocycles. The lowest BCUT2D eigenvalue weighted by molar-refractivity contribution is -0.288. The highest BCUT2D eigenvalue weighted by Crippen LogP contribution is 2.31. The van der Waals surface area contributed by atoms with Gasteiger partial charge in [-0.15, -0.1) is 0 Å². The SMILES string of the molecule is CC(=O)OC[C@H]1O[C@@H](Oc2ccc(OC[C@H](COS(C)(=O)=O)OC(C)=O)cc2)[C@H](OC(C)=O)[C@@H](OC(C)=O)[C@@H]1OC(C)=O. The molecule has 0 saturated carbocycles. The quantitative estimate of drug-likeness (QED) is 0.155. The van der Waals surface area contributed by atoms with Crippen LogP contribution in [0.4, 0.5) is 0 Å². The van der Waals surface area contributed by atoms with Crippen molar-refractivity contribution in [2.75, 3.05) is 26.1 Å². The number of hydrogen-bond acceptors (Lipinski definition) is 16. The summed E-state index contributed by atoms with van der Waals surface area (Å²) in [4.78, 5) is 58.6. The molecule has 17 heteroatoms. The van der Waals surface area contributed by atoms with E-state index in [9.17, 15) is 32.4 Å². The van der Waals surface area contributed by atoms with Crippen LogP contribution in [0.2, 0.25) is 0 Å². The van der Waals surface area contributed by atoms with Gasteiger partial charge in [0, 0.05) is 34.6 Å². The third-order valence-corrected chi connectivity index (χ3v) is 5.82. The summed E-state index contributed by atoms with van der Waals surface area (Å²) < 4.78 is 70.7. The van der Waals surface area contributed by atoms with E-state index in [1.54, 1.807) is 0 Å². The molecular weight excluding hydrogens is 600 g/mol. The van der Waals surface area contributed by atoms with E-state index in [2.05, 4.69) is 4.18 Å². The van der Waals surface area contributed by atoms with Crippen LogP contribution >= 0.6 is 0 Å². The molecule has 0 unspecified atom stereocenters. The highest BCUT2D eigenvalue weighted by atomic mass is 32.2. The second-order valence-electron chi connectivity index (χ2n) is 9.19. The second-order valence-corrected chi connectivity index (χ2v) is 10.8. The van der Waals surface area contributed by atoms with Crippen molar-refractivity contribution in [2.45, 2.75) is 71.4 Å². The Balaban J connectivity index is 2.26. The van der Waals surface area contributed by atoms with Crippen LogP contribution in [-0.4, -0.2) is 101 Å². The van der Waals surface area contributed by atoms with Crippen LogP contribution in [0.5, 0.6) is 11.5 Å². The summed E-state index contributed by atoms with van der Waals surface area (Å²) >= 11 is 0. The molecule has 240 valence electrons. The molecule has 1 heterocycles. The van der Waals surface area contributed by atoms with Gasteiger partial charge >= 0.3 is 29.8 Å². The molecule has 43 heavy (non-hydrogen) atoms. The van der Waals surface area contributed by atoms with E-state index >= 15 is 0 Å². The zero-order valence-electron chi connectivity index (χ0n) is 24.3. The van der Waals surface area contributed by atoms with Crippen molar-refractivity contribution in [2.24, 2.45) is 0 Å². The Labute approximate surface area is 247 Å². The number of esters is 5. The molecule has 0 amide bonds. The van der Waals surface area contributed by atoms with Crippen molar-refractivity contribution >= 4 is 40.0 Å². The molecule has 1 saturated heterocycles. The Morgan fingerprint density at radius 3 is 1.79 bits per heavy atom. The van der Waals surface area contributed by atoms with E-state index in [-0.39, 0.29) is 18.1 Å². The first kappa shape index (κ1) is 35.2. The smallest absolute Gasteiger partial charge is 0.303 e. The lowest BCUT2D eigenvalue weighted by Gasteiger charge is -2.43. The third-order valence-electron chi connectivity index (χ3n) is 5.26. The molecule has 1 aromatic rings. The fourth-order valence-electron chi connectivity index (χ4n) is 3.77. The number of hydrogen-bond donors (Lipinski definition) is 0. The Bertz CT molecular complexity index is 1240. The number of ether oxygens (including phenoxy) is 8. The van der Waals surface area contributed by atoms with Crippen LogP contribution in [0.15, 0.2) is 24.3 Å². The number of carbonyl (C=O) groups is 5. The summed E-state index contributed by atoms with van der Waals surface area (Å²) in [6.45, 7) is 4.49. The first-order chi connectivity index (χ1) is 20.0.